The zero-order chi connectivity index (χ0) is 55.4. The molecule has 438 valence electrons. The number of hydrogen-bond donors (Lipinski definition) is 6. The van der Waals surface area contributed by atoms with Crippen LogP contribution in [0.25, 0.3) is 0 Å². The van der Waals surface area contributed by atoms with Crippen LogP contribution in [0, 0.1) is 0 Å². The number of nitrogens with two attached hydrogens (primary N) is 1. The second kappa shape index (κ2) is 51.4. The van der Waals surface area contributed by atoms with E-state index in [-0.39, 0.29) is 81.6 Å². The van der Waals surface area contributed by atoms with Crippen molar-refractivity contribution in [3.8, 4) is 0 Å². The maximum atomic E-state index is 12.6. The standard InChI is InChI=1S/C54H97N7O15/c1-3-4-5-6-7-8-9-10-11-12-13-19-50(64)60-51(65)22-21-48(62)58-27-30-70-33-35-73-37-39-75-41-40-74-38-36-72-34-32-69-29-24-49(63)59-28-31-71-42-43-76-45-52(66)57-26-15-14-18-47(54(55)68)61(2)53(67)23-20-46-17-16-25-56-44-46/h16-17,25,44,47,51,65H,3-15,18-24,26-43,45H2,1-2H3,(H2,55,68)(H,57,66)(H,58,62)(H,59,63)(H,60,64)/t47-,51+/m0/s1. The van der Waals surface area contributed by atoms with Gasteiger partial charge in [0, 0.05) is 71.2 Å². The summed E-state index contributed by atoms with van der Waals surface area (Å²) < 4.78 is 43.7. The van der Waals surface area contributed by atoms with Crippen LogP contribution in [0.15, 0.2) is 24.5 Å². The molecule has 0 aromatic carbocycles. The minimum atomic E-state index is -1.04. The number of nitrogens with one attached hydrogen (secondary N) is 4. The number of unbranched alkanes of at least 4 members (excludes halogenated alkanes) is 11. The van der Waals surface area contributed by atoms with Gasteiger partial charge in [-0.25, -0.2) is 0 Å². The first-order valence-electron chi connectivity index (χ1n) is 27.9. The summed E-state index contributed by atoms with van der Waals surface area (Å²) in [7, 11) is 1.58. The third-order valence-electron chi connectivity index (χ3n) is 11.8. The molecule has 0 saturated carbocycles. The lowest BCUT2D eigenvalue weighted by molar-refractivity contribution is -0.138. The van der Waals surface area contributed by atoms with Gasteiger partial charge in [0.2, 0.25) is 35.4 Å². The van der Waals surface area contributed by atoms with Crippen molar-refractivity contribution in [2.24, 2.45) is 5.73 Å². The van der Waals surface area contributed by atoms with Crippen LogP contribution >= 0.6 is 0 Å². The number of pyridine rings is 1. The van der Waals surface area contributed by atoms with Gasteiger partial charge in [-0.05, 0) is 43.7 Å². The van der Waals surface area contributed by atoms with Crippen molar-refractivity contribution in [1.82, 2.24) is 31.2 Å². The van der Waals surface area contributed by atoms with Gasteiger partial charge in [-0.1, -0.05) is 77.2 Å². The number of amides is 6. The summed E-state index contributed by atoms with van der Waals surface area (Å²) in [4.78, 5) is 78.4. The van der Waals surface area contributed by atoms with Crippen LogP contribution in [0.5, 0.6) is 0 Å². The number of aromatic nitrogens is 1. The minimum Gasteiger partial charge on any atom is -0.379 e. The SMILES string of the molecule is CCCCCCCCCCCCCC(=O)N[C@H](O)CCC(=O)NCCOCCOCCOCCOCCOCCOCCC(=O)NCCOCCOCC(=O)NCCCC[C@@H](C(N)=O)N(C)C(=O)CCc1cccnc1. The third-order valence-corrected chi connectivity index (χ3v) is 11.8. The summed E-state index contributed by atoms with van der Waals surface area (Å²) in [5.74, 6) is -1.58. The van der Waals surface area contributed by atoms with Crippen molar-refractivity contribution in [2.45, 2.75) is 148 Å². The largest absolute Gasteiger partial charge is 0.379 e. The van der Waals surface area contributed by atoms with Gasteiger partial charge in [-0.3, -0.25) is 33.8 Å². The zero-order valence-electron chi connectivity index (χ0n) is 46.2. The molecule has 0 aliphatic carbocycles. The first-order valence-corrected chi connectivity index (χ1v) is 27.9. The van der Waals surface area contributed by atoms with E-state index in [1.165, 1.54) is 56.3 Å². The van der Waals surface area contributed by atoms with Gasteiger partial charge in [-0.15, -0.1) is 0 Å². The average molecular weight is 1080 g/mol. The van der Waals surface area contributed by atoms with Crippen molar-refractivity contribution < 1.29 is 71.8 Å². The van der Waals surface area contributed by atoms with Gasteiger partial charge >= 0.3 is 0 Å². The number of aliphatic hydroxyl groups is 1. The number of likely N-dealkylation sites (N-methyl/N-ethyl adjacent to an activating group) is 1. The topological polar surface area (TPSA) is 287 Å². The number of aryl methyl sites for hydroxylation is 1. The third kappa shape index (κ3) is 44.7. The lowest BCUT2D eigenvalue weighted by atomic mass is 10.1. The van der Waals surface area contributed by atoms with Crippen molar-refractivity contribution in [3.05, 3.63) is 30.1 Å². The number of hydrogen-bond acceptors (Lipinski definition) is 16. The Morgan fingerprint density at radius 2 is 1.03 bits per heavy atom. The molecule has 0 aliphatic rings. The molecule has 22 heteroatoms. The fraction of sp³-hybridized carbons (Fsp3) is 0.796. The van der Waals surface area contributed by atoms with Crippen LogP contribution in [0.3, 0.4) is 0 Å². The second-order valence-corrected chi connectivity index (χ2v) is 18.3. The van der Waals surface area contributed by atoms with E-state index in [0.717, 1.165) is 24.8 Å². The molecule has 0 spiro atoms. The first kappa shape index (κ1) is 69.6. The Balaban J connectivity index is 1.80. The van der Waals surface area contributed by atoms with Crippen LogP contribution in [0.4, 0.5) is 0 Å². The van der Waals surface area contributed by atoms with Gasteiger partial charge in [0.1, 0.15) is 18.9 Å². The summed E-state index contributed by atoms with van der Waals surface area (Å²) in [5.41, 5.74) is 6.51. The Morgan fingerprint density at radius 1 is 0.539 bits per heavy atom. The van der Waals surface area contributed by atoms with E-state index in [1.54, 1.807) is 19.4 Å². The zero-order valence-corrected chi connectivity index (χ0v) is 46.2. The summed E-state index contributed by atoms with van der Waals surface area (Å²) in [6, 6.07) is 2.98. The Hall–Kier alpha value is -4.39. The van der Waals surface area contributed by atoms with Gasteiger partial charge in [0.15, 0.2) is 0 Å². The quantitative estimate of drug-likeness (QED) is 0.0403. The van der Waals surface area contributed by atoms with Crippen LogP contribution in [-0.2, 0) is 73.1 Å². The summed E-state index contributed by atoms with van der Waals surface area (Å²) in [6.07, 6.45) is 18.9. The van der Waals surface area contributed by atoms with Crippen LogP contribution in [0.1, 0.15) is 134 Å². The summed E-state index contributed by atoms with van der Waals surface area (Å²) in [6.45, 7) is 8.47. The summed E-state index contributed by atoms with van der Waals surface area (Å²) >= 11 is 0. The smallest absolute Gasteiger partial charge is 0.245 e. The molecule has 0 unspecified atom stereocenters. The number of nitrogens with zero attached hydrogens (tertiary/aromatic N) is 2. The molecule has 1 rings (SSSR count). The highest BCUT2D eigenvalue weighted by Crippen LogP contribution is 2.13. The van der Waals surface area contributed by atoms with Crippen LogP contribution in [0.2, 0.25) is 0 Å². The van der Waals surface area contributed by atoms with Crippen molar-refractivity contribution in [3.63, 3.8) is 0 Å². The first-order chi connectivity index (χ1) is 37.0. The summed E-state index contributed by atoms with van der Waals surface area (Å²) in [5, 5.41) is 20.9. The molecule has 7 N–H and O–H groups in total. The van der Waals surface area contributed by atoms with Gasteiger partial charge < -0.3 is 74.9 Å². The molecular formula is C54H97N7O15. The van der Waals surface area contributed by atoms with E-state index >= 15 is 0 Å². The molecule has 1 heterocycles. The van der Waals surface area contributed by atoms with E-state index in [0.29, 0.717) is 131 Å². The Kier molecular flexibility index (Phi) is 47.1. The normalized spacial score (nSPS) is 12.0. The van der Waals surface area contributed by atoms with E-state index < -0.39 is 18.2 Å². The van der Waals surface area contributed by atoms with Gasteiger partial charge in [0.25, 0.3) is 0 Å². The predicted octanol–water partition coefficient (Wildman–Crippen LogP) is 3.28. The van der Waals surface area contributed by atoms with E-state index in [2.05, 4.69) is 33.2 Å². The second-order valence-electron chi connectivity index (χ2n) is 18.3. The monoisotopic (exact) mass is 1080 g/mol. The molecule has 1 aromatic rings. The van der Waals surface area contributed by atoms with Gasteiger partial charge in [0.05, 0.1) is 99.1 Å². The Morgan fingerprint density at radius 3 is 1.55 bits per heavy atom. The van der Waals surface area contributed by atoms with Crippen molar-refractivity contribution >= 4 is 35.4 Å². The maximum Gasteiger partial charge on any atom is 0.245 e. The van der Waals surface area contributed by atoms with Crippen LogP contribution < -0.4 is 27.0 Å². The van der Waals surface area contributed by atoms with E-state index in [4.69, 9.17) is 43.6 Å². The Labute approximate surface area is 453 Å². The number of aliphatic hydroxyl groups excluding tert-OH is 1. The molecule has 0 radical (unpaired) electrons. The van der Waals surface area contributed by atoms with Gasteiger partial charge in [-0.2, -0.15) is 0 Å². The van der Waals surface area contributed by atoms with Crippen molar-refractivity contribution in [2.75, 3.05) is 132 Å². The molecule has 6 amide bonds. The minimum absolute atomic E-state index is 0.105. The molecule has 2 atom stereocenters. The highest BCUT2D eigenvalue weighted by atomic mass is 16.6. The van der Waals surface area contributed by atoms with Crippen molar-refractivity contribution in [1.29, 1.82) is 0 Å². The molecule has 1 aromatic heterocycles. The molecule has 0 bridgehead atoms. The number of primary amides is 1. The van der Waals surface area contributed by atoms with E-state index in [1.807, 2.05) is 12.1 Å². The fourth-order valence-corrected chi connectivity index (χ4v) is 7.42. The average Bonchev–Trinajstić information content (AvgIpc) is 3.41. The lowest BCUT2D eigenvalue weighted by Gasteiger charge is -2.26. The fourth-order valence-electron chi connectivity index (χ4n) is 7.42. The number of carbonyl (C=O) groups is 6. The molecular weight excluding hydrogens is 987 g/mol. The molecule has 0 saturated heterocycles. The molecule has 76 heavy (non-hydrogen) atoms. The lowest BCUT2D eigenvalue weighted by Crippen LogP contribution is -2.45. The van der Waals surface area contributed by atoms with E-state index in [9.17, 15) is 33.9 Å². The maximum absolute atomic E-state index is 12.6. The number of ether oxygens (including phenoxy) is 8. The molecule has 22 nitrogen and oxygen atoms in total. The highest BCUT2D eigenvalue weighted by molar-refractivity contribution is 5.86. The Bertz CT molecular complexity index is 1600. The number of carbonyl (C=O) groups excluding carboxylic acids is 6. The predicted molar refractivity (Wildman–Crippen MR) is 287 cm³/mol. The number of rotatable bonds is 55. The molecule has 0 aliphatic heterocycles. The molecule has 0 fully saturated rings. The van der Waals surface area contributed by atoms with Crippen LogP contribution in [-0.4, -0.2) is 195 Å². The highest BCUT2D eigenvalue weighted by Gasteiger charge is 2.24.